The van der Waals surface area contributed by atoms with Gasteiger partial charge in [-0.15, -0.1) is 0 Å². The Balaban J connectivity index is 1.55. The molecule has 0 radical (unpaired) electrons. The lowest BCUT2D eigenvalue weighted by atomic mass is 10.0. The molecule has 0 aliphatic heterocycles. The number of carbonyl (C=O) groups excluding carboxylic acids is 1. The van der Waals surface area contributed by atoms with Gasteiger partial charge < -0.3 is 15.0 Å². The Morgan fingerprint density at radius 1 is 0.900 bits per heavy atom. The smallest absolute Gasteiger partial charge is 0.295 e. The number of nitrogens with zero attached hydrogens (tertiary/aromatic N) is 3. The number of nitrogens with one attached hydrogen (secondary N) is 1. The maximum absolute atomic E-state index is 13.6. The van der Waals surface area contributed by atoms with Gasteiger partial charge in [0.15, 0.2) is 5.78 Å². The van der Waals surface area contributed by atoms with E-state index in [0.29, 0.717) is 28.0 Å². The van der Waals surface area contributed by atoms with Gasteiger partial charge in [-0.1, -0.05) is 72.8 Å². The van der Waals surface area contributed by atoms with E-state index in [-0.39, 0.29) is 23.3 Å². The molecular formula is C32H30N4O4. The number of aryl methyl sites for hydroxylation is 1. The van der Waals surface area contributed by atoms with Crippen LogP contribution in [0.1, 0.15) is 28.0 Å². The molecule has 5 aromatic rings. The Labute approximate surface area is 231 Å². The molecule has 0 aliphatic carbocycles. The molecule has 1 unspecified atom stereocenters. The fraction of sp³-hybridized carbons (Fsp3) is 0.156. The van der Waals surface area contributed by atoms with Crippen molar-refractivity contribution >= 4 is 28.4 Å². The maximum Gasteiger partial charge on any atom is 0.295 e. The van der Waals surface area contributed by atoms with Crippen molar-refractivity contribution < 1.29 is 9.90 Å². The monoisotopic (exact) mass is 534 g/mol. The van der Waals surface area contributed by atoms with Crippen molar-refractivity contribution in [3.05, 3.63) is 129 Å². The number of anilines is 1. The first kappa shape index (κ1) is 26.5. The van der Waals surface area contributed by atoms with E-state index in [1.165, 1.54) is 4.57 Å². The van der Waals surface area contributed by atoms with Crippen LogP contribution in [-0.2, 0) is 14.1 Å². The van der Waals surface area contributed by atoms with Crippen LogP contribution in [0.25, 0.3) is 22.7 Å². The van der Waals surface area contributed by atoms with Crippen molar-refractivity contribution in [2.45, 2.75) is 19.4 Å². The van der Waals surface area contributed by atoms with Crippen LogP contribution in [0.15, 0.2) is 101 Å². The predicted molar refractivity (Wildman–Crippen MR) is 158 cm³/mol. The molecule has 202 valence electrons. The topological polar surface area (TPSA) is 98.3 Å². The molecule has 2 N–H and O–H groups in total. The number of pyridine rings is 1. The van der Waals surface area contributed by atoms with E-state index in [2.05, 4.69) is 5.32 Å². The second-order valence-corrected chi connectivity index (χ2v) is 9.69. The number of hydrogen-bond donors (Lipinski definition) is 2. The average molecular weight is 535 g/mol. The summed E-state index contributed by atoms with van der Waals surface area (Å²) in [6.07, 6.45) is 3.50. The summed E-state index contributed by atoms with van der Waals surface area (Å²) in [5, 5.41) is 14.6. The number of para-hydroxylation sites is 2. The Kier molecular flexibility index (Phi) is 7.25. The normalized spacial score (nSPS) is 12.2. The zero-order chi connectivity index (χ0) is 28.4. The van der Waals surface area contributed by atoms with E-state index >= 15 is 0 Å². The van der Waals surface area contributed by atoms with Crippen molar-refractivity contribution in [2.75, 3.05) is 5.32 Å². The zero-order valence-electron chi connectivity index (χ0n) is 22.5. The molecule has 2 aromatic heterocycles. The SMILES string of the molecule is Cc1c(NC(C=Cc2ccccc2)CC(=O)c2c(O)c3ccccc3n(C)c2=O)c(=O)n(-c2ccccc2)n1C. The molecule has 1 atom stereocenters. The minimum absolute atomic E-state index is 0.163. The summed E-state index contributed by atoms with van der Waals surface area (Å²) in [5.74, 6) is -0.868. The fourth-order valence-corrected chi connectivity index (χ4v) is 4.91. The van der Waals surface area contributed by atoms with Crippen molar-refractivity contribution in [1.29, 1.82) is 0 Å². The highest BCUT2D eigenvalue weighted by molar-refractivity contribution is 6.04. The Bertz CT molecular complexity index is 1850. The van der Waals surface area contributed by atoms with Gasteiger partial charge in [-0.2, -0.15) is 0 Å². The lowest BCUT2D eigenvalue weighted by molar-refractivity contribution is 0.0976. The van der Waals surface area contributed by atoms with Crippen LogP contribution in [0.2, 0.25) is 0 Å². The number of aromatic nitrogens is 3. The molecule has 0 saturated heterocycles. The molecule has 5 rings (SSSR count). The third-order valence-corrected chi connectivity index (χ3v) is 7.16. The number of Topliss-reactive ketones (excluding diaryl/α,β-unsaturated/α-hetero) is 1. The first-order valence-corrected chi connectivity index (χ1v) is 13.0. The number of carbonyl (C=O) groups is 1. The first-order chi connectivity index (χ1) is 19.3. The van der Waals surface area contributed by atoms with Gasteiger partial charge in [0.05, 0.1) is 22.9 Å². The lowest BCUT2D eigenvalue weighted by Crippen LogP contribution is -2.30. The highest BCUT2D eigenvalue weighted by atomic mass is 16.3. The van der Waals surface area contributed by atoms with Gasteiger partial charge in [0.2, 0.25) is 0 Å². The summed E-state index contributed by atoms with van der Waals surface area (Å²) in [6, 6.07) is 25.1. The Morgan fingerprint density at radius 3 is 2.23 bits per heavy atom. The molecule has 40 heavy (non-hydrogen) atoms. The minimum atomic E-state index is -0.652. The van der Waals surface area contributed by atoms with Gasteiger partial charge in [0, 0.05) is 25.9 Å². The third-order valence-electron chi connectivity index (χ3n) is 7.16. The molecule has 2 heterocycles. The number of fused-ring (bicyclic) bond motifs is 1. The van der Waals surface area contributed by atoms with Crippen LogP contribution < -0.4 is 16.4 Å². The van der Waals surface area contributed by atoms with Gasteiger partial charge >= 0.3 is 0 Å². The highest BCUT2D eigenvalue weighted by Gasteiger charge is 2.25. The van der Waals surface area contributed by atoms with Crippen molar-refractivity contribution in [2.24, 2.45) is 14.1 Å². The second-order valence-electron chi connectivity index (χ2n) is 9.69. The third kappa shape index (κ3) is 4.87. The molecular weight excluding hydrogens is 504 g/mol. The molecule has 0 bridgehead atoms. The van der Waals surface area contributed by atoms with Gasteiger partial charge in [0.25, 0.3) is 11.1 Å². The number of ketones is 1. The molecule has 8 heteroatoms. The minimum Gasteiger partial charge on any atom is -0.506 e. The molecule has 0 fully saturated rings. The van der Waals surface area contributed by atoms with Crippen LogP contribution in [0.5, 0.6) is 5.75 Å². The van der Waals surface area contributed by atoms with E-state index in [1.54, 1.807) is 53.8 Å². The van der Waals surface area contributed by atoms with E-state index < -0.39 is 17.4 Å². The zero-order valence-corrected chi connectivity index (χ0v) is 22.5. The number of benzene rings is 3. The lowest BCUT2D eigenvalue weighted by Gasteiger charge is -2.16. The molecule has 0 aliphatic rings. The summed E-state index contributed by atoms with van der Waals surface area (Å²) >= 11 is 0. The molecule has 0 saturated carbocycles. The van der Waals surface area contributed by atoms with Crippen molar-refractivity contribution in [3.8, 4) is 11.4 Å². The first-order valence-electron chi connectivity index (χ1n) is 13.0. The highest BCUT2D eigenvalue weighted by Crippen LogP contribution is 2.27. The summed E-state index contributed by atoms with van der Waals surface area (Å²) in [5.41, 5.74) is 2.08. The van der Waals surface area contributed by atoms with E-state index in [4.69, 9.17) is 0 Å². The Morgan fingerprint density at radius 2 is 1.52 bits per heavy atom. The van der Waals surface area contributed by atoms with Crippen LogP contribution in [0.4, 0.5) is 5.69 Å². The molecule has 0 amide bonds. The largest absolute Gasteiger partial charge is 0.506 e. The van der Waals surface area contributed by atoms with Crippen LogP contribution in [-0.4, -0.2) is 30.9 Å². The fourth-order valence-electron chi connectivity index (χ4n) is 4.91. The number of hydrogen-bond acceptors (Lipinski definition) is 5. The standard InChI is InChI=1S/C32H30N4O4/c1-21-29(32(40)36(35(21)3)24-14-8-5-9-15-24)33-23(19-18-22-12-6-4-7-13-22)20-27(37)28-30(38)25-16-10-11-17-26(25)34(2)31(28)39/h4-19,23,33,38H,20H2,1-3H3. The predicted octanol–water partition coefficient (Wildman–Crippen LogP) is 4.81. The average Bonchev–Trinajstić information content (AvgIpc) is 3.18. The second kappa shape index (κ2) is 10.9. The van der Waals surface area contributed by atoms with Crippen LogP contribution in [0, 0.1) is 6.92 Å². The van der Waals surface area contributed by atoms with E-state index in [0.717, 1.165) is 5.56 Å². The summed E-state index contributed by atoms with van der Waals surface area (Å²) < 4.78 is 4.68. The van der Waals surface area contributed by atoms with Crippen molar-refractivity contribution in [1.82, 2.24) is 13.9 Å². The summed E-state index contributed by atoms with van der Waals surface area (Å²) in [4.78, 5) is 40.3. The van der Waals surface area contributed by atoms with Crippen LogP contribution in [0.3, 0.4) is 0 Å². The van der Waals surface area contributed by atoms with Gasteiger partial charge in [0.1, 0.15) is 17.0 Å². The van der Waals surface area contributed by atoms with Crippen LogP contribution >= 0.6 is 0 Å². The van der Waals surface area contributed by atoms with E-state index in [1.807, 2.05) is 73.7 Å². The summed E-state index contributed by atoms with van der Waals surface area (Å²) in [7, 11) is 3.37. The maximum atomic E-state index is 13.6. The quantitative estimate of drug-likeness (QED) is 0.279. The molecule has 0 spiro atoms. The Hall–Kier alpha value is -5.11. The summed E-state index contributed by atoms with van der Waals surface area (Å²) in [6.45, 7) is 1.83. The van der Waals surface area contributed by atoms with Gasteiger partial charge in [-0.05, 0) is 36.8 Å². The molecule has 3 aromatic carbocycles. The van der Waals surface area contributed by atoms with Gasteiger partial charge in [-0.25, -0.2) is 4.68 Å². The van der Waals surface area contributed by atoms with Crippen molar-refractivity contribution in [3.63, 3.8) is 0 Å². The van der Waals surface area contributed by atoms with E-state index in [9.17, 15) is 19.5 Å². The molecule has 8 nitrogen and oxygen atoms in total. The van der Waals surface area contributed by atoms with Gasteiger partial charge in [-0.3, -0.25) is 19.1 Å². The number of aromatic hydroxyl groups is 1. The number of rotatable bonds is 8.